The van der Waals surface area contributed by atoms with Gasteiger partial charge in [0.1, 0.15) is 4.86 Å². The van der Waals surface area contributed by atoms with Crippen molar-refractivity contribution < 1.29 is 9.00 Å². The number of anilines is 1. The first-order valence-electron chi connectivity index (χ1n) is 6.29. The molecule has 0 aromatic carbocycles. The van der Waals surface area contributed by atoms with E-state index in [1.807, 2.05) is 19.9 Å². The summed E-state index contributed by atoms with van der Waals surface area (Å²) in [4.78, 5) is 18.4. The van der Waals surface area contributed by atoms with Crippen molar-refractivity contribution in [3.05, 3.63) is 12.3 Å². The van der Waals surface area contributed by atoms with Gasteiger partial charge in [-0.15, -0.1) is 5.10 Å². The van der Waals surface area contributed by atoms with Crippen LogP contribution in [-0.2, 0) is 14.8 Å². The Morgan fingerprint density at radius 1 is 1.52 bits per heavy atom. The predicted octanol–water partition coefficient (Wildman–Crippen LogP) is -0.913. The maximum atomic E-state index is 12.4. The SMILES string of the molecule is CC(C)C1=NC2=S(=O)=C(C(=O)Nc3nn[nH]n3)CN2C=C1. The second-order valence-corrected chi connectivity index (χ2v) is 6.19. The Balaban J connectivity index is 1.93. The molecule has 1 amide bonds. The number of rotatable bonds is 3. The lowest BCUT2D eigenvalue weighted by Crippen LogP contribution is -2.32. The van der Waals surface area contributed by atoms with Gasteiger partial charge in [-0.25, -0.2) is 9.20 Å². The van der Waals surface area contributed by atoms with E-state index in [1.54, 1.807) is 11.1 Å². The molecule has 1 aromatic rings. The van der Waals surface area contributed by atoms with Gasteiger partial charge >= 0.3 is 0 Å². The zero-order valence-corrected chi connectivity index (χ0v) is 12.2. The van der Waals surface area contributed by atoms with Crippen LogP contribution >= 0.6 is 0 Å². The highest BCUT2D eigenvalue weighted by molar-refractivity contribution is 7.87. The van der Waals surface area contributed by atoms with Gasteiger partial charge in [-0.05, 0) is 17.2 Å². The number of carbonyl (C=O) groups is 1. The normalized spacial score (nSPS) is 17.4. The minimum Gasteiger partial charge on any atom is -0.317 e. The number of allylic oxidation sites excluding steroid dienone is 1. The van der Waals surface area contributed by atoms with E-state index in [0.29, 0.717) is 5.11 Å². The number of carbonyl (C=O) groups excluding carboxylic acids is 1. The first-order valence-corrected chi connectivity index (χ1v) is 7.44. The summed E-state index contributed by atoms with van der Waals surface area (Å²) < 4.78 is 12.4. The minimum absolute atomic E-state index is 0.0429. The number of tetrazole rings is 1. The summed E-state index contributed by atoms with van der Waals surface area (Å²) in [5, 5.41) is 15.6. The molecule has 2 aliphatic heterocycles. The molecular formula is C11H13N7O2S. The molecule has 1 aromatic heterocycles. The molecule has 0 saturated carbocycles. The Bertz CT molecular complexity index is 789. The van der Waals surface area contributed by atoms with Crippen LogP contribution in [-0.4, -0.2) is 57.9 Å². The maximum absolute atomic E-state index is 12.4. The Hall–Kier alpha value is -2.49. The van der Waals surface area contributed by atoms with Crippen LogP contribution in [0.5, 0.6) is 0 Å². The number of fused-ring (bicyclic) bond motifs is 1. The van der Waals surface area contributed by atoms with Gasteiger partial charge in [0.25, 0.3) is 11.9 Å². The average molecular weight is 307 g/mol. The van der Waals surface area contributed by atoms with E-state index in [-0.39, 0.29) is 23.3 Å². The van der Waals surface area contributed by atoms with E-state index in [1.165, 1.54) is 0 Å². The van der Waals surface area contributed by atoms with Gasteiger partial charge in [0.05, 0.1) is 16.5 Å². The molecule has 3 rings (SSSR count). The van der Waals surface area contributed by atoms with E-state index in [4.69, 9.17) is 0 Å². The van der Waals surface area contributed by atoms with Crippen LogP contribution in [0.3, 0.4) is 0 Å². The van der Waals surface area contributed by atoms with Crippen molar-refractivity contribution in [2.45, 2.75) is 13.8 Å². The van der Waals surface area contributed by atoms with E-state index in [2.05, 4.69) is 30.9 Å². The second-order valence-electron chi connectivity index (χ2n) is 4.80. The molecule has 0 atom stereocenters. The summed E-state index contributed by atoms with van der Waals surface area (Å²) in [5.74, 6) is -0.224. The van der Waals surface area contributed by atoms with Crippen molar-refractivity contribution in [3.63, 3.8) is 0 Å². The van der Waals surface area contributed by atoms with E-state index < -0.39 is 15.9 Å². The molecule has 10 heteroatoms. The van der Waals surface area contributed by atoms with Gasteiger partial charge < -0.3 is 4.90 Å². The molecule has 0 bridgehead atoms. The maximum Gasteiger partial charge on any atom is 0.270 e. The fourth-order valence-electron chi connectivity index (χ4n) is 1.90. The molecule has 110 valence electrons. The second kappa shape index (κ2) is 5.13. The third-order valence-electron chi connectivity index (χ3n) is 3.01. The largest absolute Gasteiger partial charge is 0.317 e. The van der Waals surface area contributed by atoms with Crippen LogP contribution in [0, 0.1) is 5.92 Å². The highest BCUT2D eigenvalue weighted by atomic mass is 32.1. The van der Waals surface area contributed by atoms with E-state index in [0.717, 1.165) is 5.71 Å². The molecule has 21 heavy (non-hydrogen) atoms. The Morgan fingerprint density at radius 3 is 3.00 bits per heavy atom. The first kappa shape index (κ1) is 13.5. The molecular weight excluding hydrogens is 294 g/mol. The number of aromatic amines is 1. The van der Waals surface area contributed by atoms with Crippen LogP contribution in [0.1, 0.15) is 13.8 Å². The molecule has 0 spiro atoms. The Morgan fingerprint density at radius 2 is 2.33 bits per heavy atom. The molecule has 2 N–H and O–H groups in total. The van der Waals surface area contributed by atoms with E-state index in [9.17, 15) is 9.00 Å². The van der Waals surface area contributed by atoms with Crippen molar-refractivity contribution in [3.8, 4) is 0 Å². The van der Waals surface area contributed by atoms with Crippen LogP contribution < -0.4 is 5.32 Å². The minimum atomic E-state index is -1.58. The lowest BCUT2D eigenvalue weighted by atomic mass is 10.1. The first-order chi connectivity index (χ1) is 10.1. The molecule has 0 unspecified atom stereocenters. The van der Waals surface area contributed by atoms with Gasteiger partial charge in [-0.1, -0.05) is 18.9 Å². The molecule has 9 nitrogen and oxygen atoms in total. The highest BCUT2D eigenvalue weighted by Gasteiger charge is 2.27. The molecule has 0 saturated heterocycles. The highest BCUT2D eigenvalue weighted by Crippen LogP contribution is 2.12. The van der Waals surface area contributed by atoms with Crippen molar-refractivity contribution in [1.29, 1.82) is 0 Å². The lowest BCUT2D eigenvalue weighted by molar-refractivity contribution is -0.110. The van der Waals surface area contributed by atoms with Crippen LogP contribution in [0.15, 0.2) is 17.3 Å². The van der Waals surface area contributed by atoms with Crippen LogP contribution in [0.4, 0.5) is 5.95 Å². The summed E-state index contributed by atoms with van der Waals surface area (Å²) in [5.41, 5.74) is 0.842. The van der Waals surface area contributed by atoms with Crippen LogP contribution in [0.2, 0.25) is 0 Å². The number of nitrogens with zero attached hydrogens (tertiary/aromatic N) is 5. The van der Waals surface area contributed by atoms with Crippen molar-refractivity contribution in [2.24, 2.45) is 10.9 Å². The number of aromatic nitrogens is 4. The fourth-order valence-corrected chi connectivity index (χ4v) is 3.12. The van der Waals surface area contributed by atoms with Crippen molar-refractivity contribution >= 4 is 37.5 Å². The quantitative estimate of drug-likeness (QED) is 0.698. The molecule has 0 radical (unpaired) electrons. The standard InChI is InChI=1S/C11H13N7O2S/c1-6(2)7-3-4-18-5-8(21(20)11(18)12-7)9(19)13-10-14-16-17-15-10/h3-4,6H,5H2,1-2H3,(H2,13,14,15,16,17,19). The summed E-state index contributed by atoms with van der Waals surface area (Å²) in [6, 6.07) is 0. The summed E-state index contributed by atoms with van der Waals surface area (Å²) in [6.07, 6.45) is 3.66. The number of nitrogens with one attached hydrogen (secondary N) is 2. The zero-order valence-electron chi connectivity index (χ0n) is 11.4. The predicted molar refractivity (Wildman–Crippen MR) is 79.1 cm³/mol. The number of aliphatic imine (C=N–C) groups is 1. The monoisotopic (exact) mass is 307 g/mol. The number of hydrogen-bond donors (Lipinski definition) is 2. The lowest BCUT2D eigenvalue weighted by Gasteiger charge is -2.19. The number of amides is 1. The van der Waals surface area contributed by atoms with E-state index >= 15 is 0 Å². The number of H-pyrrole nitrogens is 1. The smallest absolute Gasteiger partial charge is 0.270 e. The van der Waals surface area contributed by atoms with Gasteiger partial charge in [-0.2, -0.15) is 5.21 Å². The molecule has 3 heterocycles. The molecule has 0 aliphatic carbocycles. The van der Waals surface area contributed by atoms with Gasteiger partial charge in [-0.3, -0.25) is 10.1 Å². The number of hydrogen-bond acceptors (Lipinski definition) is 7. The van der Waals surface area contributed by atoms with Crippen molar-refractivity contribution in [2.75, 3.05) is 11.9 Å². The third kappa shape index (κ3) is 2.44. The molecule has 0 fully saturated rings. The Labute approximate surface area is 121 Å². The van der Waals surface area contributed by atoms with Crippen molar-refractivity contribution in [1.82, 2.24) is 25.5 Å². The topological polar surface area (TPSA) is 116 Å². The third-order valence-corrected chi connectivity index (χ3v) is 4.43. The van der Waals surface area contributed by atoms with Gasteiger partial charge in [0.15, 0.2) is 0 Å². The summed E-state index contributed by atoms with van der Waals surface area (Å²) in [6.45, 7) is 4.24. The molecule has 2 aliphatic rings. The van der Waals surface area contributed by atoms with Gasteiger partial charge in [0.2, 0.25) is 5.11 Å². The Kier molecular flexibility index (Phi) is 3.29. The fraction of sp³-hybridized carbons (Fsp3) is 0.364. The zero-order chi connectivity index (χ0) is 15.0. The van der Waals surface area contributed by atoms with Crippen LogP contribution in [0.25, 0.3) is 0 Å². The summed E-state index contributed by atoms with van der Waals surface area (Å²) >= 11 is 0. The van der Waals surface area contributed by atoms with Gasteiger partial charge in [0, 0.05) is 11.9 Å². The average Bonchev–Trinajstić information content (AvgIpc) is 3.07. The summed E-state index contributed by atoms with van der Waals surface area (Å²) in [7, 11) is -1.58.